The summed E-state index contributed by atoms with van der Waals surface area (Å²) in [4.78, 5) is 14.8. The largest absolute Gasteiger partial charge is 0.208 e. The van der Waals surface area contributed by atoms with Crippen LogP contribution in [0.2, 0.25) is 0 Å². The van der Waals surface area contributed by atoms with Crippen molar-refractivity contribution >= 4 is 42.5 Å². The van der Waals surface area contributed by atoms with Crippen molar-refractivity contribution in [1.82, 2.24) is 25.1 Å². The molecule has 0 unspecified atom stereocenters. The first-order chi connectivity index (χ1) is 26.2. The molecule has 10 aromatic rings. The fraction of sp³-hybridized carbons (Fsp3) is 0. The predicted molar refractivity (Wildman–Crippen MR) is 218 cm³/mol. The number of aromatic nitrogens is 5. The molecule has 0 atom stereocenters. The molecular weight excluding hydrogens is 667 g/mol. The zero-order valence-corrected chi connectivity index (χ0v) is 29.2. The highest BCUT2D eigenvalue weighted by molar-refractivity contribution is 7.26. The van der Waals surface area contributed by atoms with Gasteiger partial charge in [-0.2, -0.15) is 0 Å². The maximum Gasteiger partial charge on any atom is 0.164 e. The molecule has 0 aliphatic heterocycles. The molecule has 0 spiro atoms. The van der Waals surface area contributed by atoms with Gasteiger partial charge in [-0.25, -0.2) is 15.0 Å². The molecule has 0 aliphatic rings. The monoisotopic (exact) mass is 695 g/mol. The van der Waals surface area contributed by atoms with E-state index in [0.29, 0.717) is 17.5 Å². The van der Waals surface area contributed by atoms with Crippen LogP contribution < -0.4 is 0 Å². The molecule has 0 aliphatic carbocycles. The Kier molecular flexibility index (Phi) is 7.59. The van der Waals surface area contributed by atoms with Gasteiger partial charge in [-0.1, -0.05) is 158 Å². The van der Waals surface area contributed by atoms with Gasteiger partial charge in [0.2, 0.25) is 0 Å². The molecule has 0 bridgehead atoms. The van der Waals surface area contributed by atoms with Crippen LogP contribution in [0.1, 0.15) is 0 Å². The van der Waals surface area contributed by atoms with E-state index in [0.717, 1.165) is 66.3 Å². The first kappa shape index (κ1) is 30.9. The Hall–Kier alpha value is -6.89. The van der Waals surface area contributed by atoms with Crippen molar-refractivity contribution in [2.24, 2.45) is 0 Å². The van der Waals surface area contributed by atoms with Gasteiger partial charge in [0, 0.05) is 32.2 Å². The number of thiophene rings is 1. The van der Waals surface area contributed by atoms with E-state index in [4.69, 9.17) is 15.0 Å². The number of hydrogen-bond acceptors (Lipinski definition) is 6. The second-order valence-electron chi connectivity index (χ2n) is 13.0. The van der Waals surface area contributed by atoms with E-state index in [1.54, 1.807) is 11.3 Å². The highest BCUT2D eigenvalue weighted by Crippen LogP contribution is 2.38. The molecule has 0 radical (unpaired) electrons. The van der Waals surface area contributed by atoms with Crippen LogP contribution in [-0.2, 0) is 0 Å². The fourth-order valence-electron chi connectivity index (χ4n) is 6.86. The van der Waals surface area contributed by atoms with E-state index in [2.05, 4.69) is 138 Å². The fourth-order valence-corrected chi connectivity index (χ4v) is 8.01. The van der Waals surface area contributed by atoms with E-state index < -0.39 is 0 Å². The average Bonchev–Trinajstić information content (AvgIpc) is 3.63. The van der Waals surface area contributed by atoms with Gasteiger partial charge in [0.05, 0.1) is 10.2 Å². The van der Waals surface area contributed by atoms with Crippen molar-refractivity contribution in [2.75, 3.05) is 0 Å². The normalized spacial score (nSPS) is 11.4. The van der Waals surface area contributed by atoms with Crippen molar-refractivity contribution < 1.29 is 0 Å². The molecule has 0 fully saturated rings. The van der Waals surface area contributed by atoms with Crippen LogP contribution in [0.25, 0.3) is 98.7 Å². The van der Waals surface area contributed by atoms with E-state index in [-0.39, 0.29) is 0 Å². The number of rotatable bonds is 6. The maximum atomic E-state index is 4.97. The SMILES string of the molecule is c1ccc(-c2ccc(-c3nc(-c4ccccc4)nc(-c4ccc(-c5ccc(-c6ccc7sc8c9ccccc9nnc8c7c6)cc5)cc4)n3)cc2)cc1. The zero-order valence-electron chi connectivity index (χ0n) is 28.4. The third kappa shape index (κ3) is 5.81. The Labute approximate surface area is 310 Å². The highest BCUT2D eigenvalue weighted by Gasteiger charge is 2.14. The summed E-state index contributed by atoms with van der Waals surface area (Å²) in [5.41, 5.74) is 11.6. The summed E-state index contributed by atoms with van der Waals surface area (Å²) in [5.74, 6) is 1.92. The van der Waals surface area contributed by atoms with Gasteiger partial charge in [0.25, 0.3) is 0 Å². The zero-order chi connectivity index (χ0) is 35.1. The topological polar surface area (TPSA) is 64.5 Å². The number of benzene rings is 7. The minimum atomic E-state index is 0.636. The van der Waals surface area contributed by atoms with Gasteiger partial charge < -0.3 is 0 Å². The molecular formula is C47H29N5S. The molecule has 0 saturated heterocycles. The van der Waals surface area contributed by atoms with E-state index in [1.807, 2.05) is 48.5 Å². The number of hydrogen-bond donors (Lipinski definition) is 0. The van der Waals surface area contributed by atoms with Crippen LogP contribution >= 0.6 is 11.3 Å². The molecule has 7 aromatic carbocycles. The second-order valence-corrected chi connectivity index (χ2v) is 14.0. The van der Waals surface area contributed by atoms with E-state index >= 15 is 0 Å². The molecule has 0 N–H and O–H groups in total. The lowest BCUT2D eigenvalue weighted by atomic mass is 9.99. The van der Waals surface area contributed by atoms with Crippen molar-refractivity contribution in [3.05, 3.63) is 176 Å². The average molecular weight is 696 g/mol. The molecule has 6 heteroatoms. The summed E-state index contributed by atoms with van der Waals surface area (Å²) in [5, 5.41) is 11.4. The lowest BCUT2D eigenvalue weighted by Gasteiger charge is -2.10. The lowest BCUT2D eigenvalue weighted by molar-refractivity contribution is 1.07. The third-order valence-electron chi connectivity index (χ3n) is 9.68. The first-order valence-corrected chi connectivity index (χ1v) is 18.3. The Balaban J connectivity index is 0.949. The van der Waals surface area contributed by atoms with Crippen LogP contribution in [0.15, 0.2) is 176 Å². The van der Waals surface area contributed by atoms with Crippen LogP contribution in [0, 0.1) is 0 Å². The number of fused-ring (bicyclic) bond motifs is 5. The molecule has 0 amide bonds. The third-order valence-corrected chi connectivity index (χ3v) is 10.9. The lowest BCUT2D eigenvalue weighted by Crippen LogP contribution is -2.00. The van der Waals surface area contributed by atoms with Crippen LogP contribution in [0.4, 0.5) is 0 Å². The summed E-state index contributed by atoms with van der Waals surface area (Å²) in [6.07, 6.45) is 0. The Morgan fingerprint density at radius 3 is 1.30 bits per heavy atom. The highest BCUT2D eigenvalue weighted by atomic mass is 32.1. The van der Waals surface area contributed by atoms with Gasteiger partial charge in [-0.3, -0.25) is 0 Å². The van der Waals surface area contributed by atoms with E-state index in [1.165, 1.54) is 15.0 Å². The van der Waals surface area contributed by atoms with Crippen molar-refractivity contribution in [3.8, 4) is 67.5 Å². The van der Waals surface area contributed by atoms with Crippen LogP contribution in [0.5, 0.6) is 0 Å². The first-order valence-electron chi connectivity index (χ1n) is 17.5. The molecule has 53 heavy (non-hydrogen) atoms. The predicted octanol–water partition coefficient (Wildman–Crippen LogP) is 12.2. The van der Waals surface area contributed by atoms with Crippen LogP contribution in [0.3, 0.4) is 0 Å². The summed E-state index contributed by atoms with van der Waals surface area (Å²) in [7, 11) is 0. The van der Waals surface area contributed by atoms with E-state index in [9.17, 15) is 0 Å². The molecule has 248 valence electrons. The minimum Gasteiger partial charge on any atom is -0.208 e. The summed E-state index contributed by atoms with van der Waals surface area (Å²) >= 11 is 1.78. The van der Waals surface area contributed by atoms with Crippen LogP contribution in [-0.4, -0.2) is 25.1 Å². The Morgan fingerprint density at radius 2 is 0.736 bits per heavy atom. The molecule has 0 saturated carbocycles. The summed E-state index contributed by atoms with van der Waals surface area (Å²) < 4.78 is 2.40. The Morgan fingerprint density at radius 1 is 0.321 bits per heavy atom. The standard InChI is InChI=1S/C47H29N5S/c1-3-9-30(10-4-1)31-19-23-36(24-20-31)46-48-45(35-11-5-2-6-12-35)49-47(50-46)37-25-21-33(22-26-37)32-15-17-34(18-16-32)38-27-28-42-40(29-38)43-44(53-42)39-13-7-8-14-41(39)51-52-43/h1-29H. The smallest absolute Gasteiger partial charge is 0.164 e. The van der Waals surface area contributed by atoms with Crippen molar-refractivity contribution in [2.45, 2.75) is 0 Å². The summed E-state index contributed by atoms with van der Waals surface area (Å²) in [6.45, 7) is 0. The Bertz CT molecular complexity index is 2900. The van der Waals surface area contributed by atoms with Gasteiger partial charge in [-0.15, -0.1) is 21.5 Å². The van der Waals surface area contributed by atoms with Crippen molar-refractivity contribution in [1.29, 1.82) is 0 Å². The van der Waals surface area contributed by atoms with Gasteiger partial charge in [0.15, 0.2) is 17.5 Å². The molecule has 5 nitrogen and oxygen atoms in total. The van der Waals surface area contributed by atoms with Crippen molar-refractivity contribution in [3.63, 3.8) is 0 Å². The van der Waals surface area contributed by atoms with Gasteiger partial charge in [-0.05, 0) is 51.6 Å². The van der Waals surface area contributed by atoms with Gasteiger partial charge >= 0.3 is 0 Å². The van der Waals surface area contributed by atoms with Gasteiger partial charge in [0.1, 0.15) is 5.52 Å². The second kappa shape index (κ2) is 13.0. The molecule has 10 rings (SSSR count). The molecule has 3 heterocycles. The summed E-state index contributed by atoms with van der Waals surface area (Å²) in [6, 6.07) is 60.9. The quantitative estimate of drug-likeness (QED) is 0.173. The maximum absolute atomic E-state index is 4.97. The molecule has 3 aromatic heterocycles. The minimum absolute atomic E-state index is 0.636. The number of nitrogens with zero attached hydrogens (tertiary/aromatic N) is 5.